The van der Waals surface area contributed by atoms with E-state index in [1.165, 1.54) is 29.5 Å². The molecule has 156 valence electrons. The Hall–Kier alpha value is -2.65. The molecule has 3 aromatic rings. The summed E-state index contributed by atoms with van der Waals surface area (Å²) in [5, 5.41) is 13.3. The van der Waals surface area contributed by atoms with Crippen molar-refractivity contribution < 1.29 is 14.3 Å². The number of carbonyl (C=O) groups excluding carboxylic acids is 2. The Labute approximate surface area is 182 Å². The lowest BCUT2D eigenvalue weighted by molar-refractivity contribution is -0.129. The fourth-order valence-electron chi connectivity index (χ4n) is 3.24. The third-order valence-corrected chi connectivity index (χ3v) is 6.73. The summed E-state index contributed by atoms with van der Waals surface area (Å²) < 4.78 is 6.25. The molecule has 0 unspecified atom stereocenters. The molecule has 2 amide bonds. The second kappa shape index (κ2) is 9.90. The van der Waals surface area contributed by atoms with Crippen LogP contribution in [0, 0.1) is 0 Å². The number of anilines is 1. The van der Waals surface area contributed by atoms with Crippen molar-refractivity contribution in [3.8, 4) is 5.75 Å². The van der Waals surface area contributed by atoms with E-state index in [4.69, 9.17) is 4.74 Å². The number of rotatable bonds is 7. The van der Waals surface area contributed by atoms with Gasteiger partial charge in [-0.1, -0.05) is 53.4 Å². The zero-order valence-corrected chi connectivity index (χ0v) is 18.0. The topological polar surface area (TPSA) is 84.4 Å². The van der Waals surface area contributed by atoms with E-state index in [1.807, 2.05) is 47.4 Å². The maximum Gasteiger partial charge on any atom is 0.264 e. The van der Waals surface area contributed by atoms with Crippen molar-refractivity contribution in [2.45, 2.75) is 23.6 Å². The SMILES string of the molecule is O=C(COc1ccc2ccccc2c1)Nc1nnc(SCC(=O)N2CCCCC2)s1. The van der Waals surface area contributed by atoms with Gasteiger partial charge in [-0.05, 0) is 42.2 Å². The smallest absolute Gasteiger partial charge is 0.264 e. The molecule has 0 aliphatic carbocycles. The summed E-state index contributed by atoms with van der Waals surface area (Å²) in [6.07, 6.45) is 3.35. The molecule has 0 bridgehead atoms. The lowest BCUT2D eigenvalue weighted by Gasteiger charge is -2.26. The number of hydrogen-bond acceptors (Lipinski definition) is 7. The van der Waals surface area contributed by atoms with E-state index >= 15 is 0 Å². The predicted octanol–water partition coefficient (Wildman–Crippen LogP) is 3.81. The van der Waals surface area contributed by atoms with Gasteiger partial charge in [-0.3, -0.25) is 14.9 Å². The van der Waals surface area contributed by atoms with Gasteiger partial charge >= 0.3 is 0 Å². The number of nitrogens with zero attached hydrogens (tertiary/aromatic N) is 3. The summed E-state index contributed by atoms with van der Waals surface area (Å²) in [6.45, 7) is 1.57. The highest BCUT2D eigenvalue weighted by Gasteiger charge is 2.17. The number of nitrogens with one attached hydrogen (secondary N) is 1. The highest BCUT2D eigenvalue weighted by Crippen LogP contribution is 2.26. The third kappa shape index (κ3) is 5.48. The van der Waals surface area contributed by atoms with E-state index in [-0.39, 0.29) is 18.4 Å². The minimum absolute atomic E-state index is 0.117. The van der Waals surface area contributed by atoms with Gasteiger partial charge < -0.3 is 9.64 Å². The van der Waals surface area contributed by atoms with Crippen LogP contribution in [0.1, 0.15) is 19.3 Å². The summed E-state index contributed by atoms with van der Waals surface area (Å²) in [7, 11) is 0. The Bertz CT molecular complexity index is 1030. The largest absolute Gasteiger partial charge is 0.484 e. The van der Waals surface area contributed by atoms with Crippen LogP contribution in [0.2, 0.25) is 0 Å². The molecule has 0 saturated carbocycles. The lowest BCUT2D eigenvalue weighted by Crippen LogP contribution is -2.36. The molecule has 1 aromatic heterocycles. The predicted molar refractivity (Wildman–Crippen MR) is 119 cm³/mol. The van der Waals surface area contributed by atoms with Crippen LogP contribution < -0.4 is 10.1 Å². The van der Waals surface area contributed by atoms with Gasteiger partial charge in [0.1, 0.15) is 5.75 Å². The van der Waals surface area contributed by atoms with Crippen molar-refractivity contribution in [2.75, 3.05) is 30.8 Å². The van der Waals surface area contributed by atoms with Crippen LogP contribution in [0.4, 0.5) is 5.13 Å². The fourth-order valence-corrected chi connectivity index (χ4v) is 4.91. The Kier molecular flexibility index (Phi) is 6.81. The van der Waals surface area contributed by atoms with Crippen molar-refractivity contribution in [3.05, 3.63) is 42.5 Å². The first kappa shape index (κ1) is 20.6. The molecule has 30 heavy (non-hydrogen) atoms. The Morgan fingerprint density at radius 3 is 2.70 bits per heavy atom. The van der Waals surface area contributed by atoms with Gasteiger partial charge in [0.25, 0.3) is 5.91 Å². The molecule has 1 N–H and O–H groups in total. The molecule has 0 atom stereocenters. The number of piperidine rings is 1. The van der Waals surface area contributed by atoms with Crippen molar-refractivity contribution in [1.29, 1.82) is 0 Å². The van der Waals surface area contributed by atoms with Crippen LogP contribution in [0.15, 0.2) is 46.8 Å². The van der Waals surface area contributed by atoms with Crippen LogP contribution in [0.5, 0.6) is 5.75 Å². The van der Waals surface area contributed by atoms with Crippen LogP contribution in [-0.4, -0.2) is 52.4 Å². The molecule has 1 aliphatic rings. The number of fused-ring (bicyclic) bond motifs is 1. The molecule has 1 fully saturated rings. The van der Waals surface area contributed by atoms with Crippen LogP contribution >= 0.6 is 23.1 Å². The number of amides is 2. The number of hydrogen-bond donors (Lipinski definition) is 1. The van der Waals surface area contributed by atoms with E-state index in [0.29, 0.717) is 21.0 Å². The van der Waals surface area contributed by atoms with Crippen molar-refractivity contribution in [1.82, 2.24) is 15.1 Å². The molecule has 0 spiro atoms. The zero-order chi connectivity index (χ0) is 20.8. The van der Waals surface area contributed by atoms with Crippen LogP contribution in [0.3, 0.4) is 0 Å². The average Bonchev–Trinajstić information content (AvgIpc) is 3.23. The summed E-state index contributed by atoms with van der Waals surface area (Å²) in [6, 6.07) is 13.7. The molecular weight excluding hydrogens is 420 g/mol. The number of benzene rings is 2. The maximum absolute atomic E-state index is 12.2. The number of aromatic nitrogens is 2. The second-order valence-corrected chi connectivity index (χ2v) is 9.15. The van der Waals surface area contributed by atoms with Crippen molar-refractivity contribution in [2.24, 2.45) is 0 Å². The monoisotopic (exact) mass is 442 g/mol. The van der Waals surface area contributed by atoms with Gasteiger partial charge in [-0.15, -0.1) is 10.2 Å². The van der Waals surface area contributed by atoms with Gasteiger partial charge in [-0.25, -0.2) is 0 Å². The normalized spacial score (nSPS) is 13.9. The lowest BCUT2D eigenvalue weighted by atomic mass is 10.1. The molecule has 2 aromatic carbocycles. The number of likely N-dealkylation sites (tertiary alicyclic amines) is 1. The Morgan fingerprint density at radius 1 is 1.07 bits per heavy atom. The summed E-state index contributed by atoms with van der Waals surface area (Å²) in [5.41, 5.74) is 0. The van der Waals surface area contributed by atoms with Crippen molar-refractivity contribution in [3.63, 3.8) is 0 Å². The van der Waals surface area contributed by atoms with E-state index in [0.717, 1.165) is 36.7 Å². The molecule has 1 saturated heterocycles. The summed E-state index contributed by atoms with van der Waals surface area (Å²) in [5.74, 6) is 0.798. The molecule has 9 heteroatoms. The quantitative estimate of drug-likeness (QED) is 0.442. The molecule has 0 radical (unpaired) electrons. The fraction of sp³-hybridized carbons (Fsp3) is 0.333. The van der Waals surface area contributed by atoms with E-state index in [9.17, 15) is 9.59 Å². The molecule has 1 aliphatic heterocycles. The molecule has 2 heterocycles. The summed E-state index contributed by atoms with van der Waals surface area (Å²) >= 11 is 2.61. The zero-order valence-electron chi connectivity index (χ0n) is 16.4. The first-order chi connectivity index (χ1) is 14.7. The van der Waals surface area contributed by atoms with E-state index < -0.39 is 0 Å². The Morgan fingerprint density at radius 2 is 1.87 bits per heavy atom. The standard InChI is InChI=1S/C21H22N4O3S2/c26-18(13-28-17-9-8-15-6-2-3-7-16(15)12-17)22-20-23-24-21(30-20)29-14-19(27)25-10-4-1-5-11-25/h2-3,6-9,12H,1,4-5,10-11,13-14H2,(H,22,23,26). The first-order valence-corrected chi connectivity index (χ1v) is 11.6. The second-order valence-electron chi connectivity index (χ2n) is 6.95. The average molecular weight is 443 g/mol. The van der Waals surface area contributed by atoms with Gasteiger partial charge in [-0.2, -0.15) is 0 Å². The number of thioether (sulfide) groups is 1. The van der Waals surface area contributed by atoms with Gasteiger partial charge in [0.15, 0.2) is 10.9 Å². The van der Waals surface area contributed by atoms with E-state index in [2.05, 4.69) is 15.5 Å². The first-order valence-electron chi connectivity index (χ1n) is 9.83. The number of carbonyl (C=O) groups is 2. The highest BCUT2D eigenvalue weighted by atomic mass is 32.2. The molecular formula is C21H22N4O3S2. The van der Waals surface area contributed by atoms with Crippen LogP contribution in [-0.2, 0) is 9.59 Å². The number of ether oxygens (including phenoxy) is 1. The van der Waals surface area contributed by atoms with Crippen molar-refractivity contribution >= 4 is 50.8 Å². The third-order valence-electron chi connectivity index (χ3n) is 4.77. The van der Waals surface area contributed by atoms with E-state index in [1.54, 1.807) is 0 Å². The van der Waals surface area contributed by atoms with Gasteiger partial charge in [0.05, 0.1) is 5.75 Å². The minimum Gasteiger partial charge on any atom is -0.484 e. The molecule has 4 rings (SSSR count). The highest BCUT2D eigenvalue weighted by molar-refractivity contribution is 8.01. The maximum atomic E-state index is 12.2. The summed E-state index contributed by atoms with van der Waals surface area (Å²) in [4.78, 5) is 26.3. The molecule has 7 nitrogen and oxygen atoms in total. The van der Waals surface area contributed by atoms with Crippen LogP contribution in [0.25, 0.3) is 10.8 Å². The van der Waals surface area contributed by atoms with Gasteiger partial charge in [0.2, 0.25) is 11.0 Å². The minimum atomic E-state index is -0.305. The Balaban J connectivity index is 1.23. The van der Waals surface area contributed by atoms with Gasteiger partial charge in [0, 0.05) is 13.1 Å².